The number of rotatable bonds is 10. The van der Waals surface area contributed by atoms with Crippen LogP contribution in [0.25, 0.3) is 0 Å². The van der Waals surface area contributed by atoms with Crippen molar-refractivity contribution in [3.05, 3.63) is 102 Å². The molecule has 0 saturated heterocycles. The van der Waals surface area contributed by atoms with E-state index >= 15 is 0 Å². The molecule has 0 aromatic heterocycles. The first kappa shape index (κ1) is 24.3. The highest BCUT2D eigenvalue weighted by Gasteiger charge is 2.13. The number of allylic oxidation sites excluding steroid dienone is 1. The average molecular weight is 459 g/mol. The topological polar surface area (TPSA) is 86.2 Å². The number of hydrogen-bond acceptors (Lipinski definition) is 6. The molecule has 3 aromatic carbocycles. The normalized spacial score (nSPS) is 10.5. The number of carbonyl (C=O) groups excluding carboxylic acids is 2. The van der Waals surface area contributed by atoms with Crippen LogP contribution in [-0.2, 0) is 11.2 Å². The summed E-state index contributed by atoms with van der Waals surface area (Å²) in [6, 6.07) is 19.5. The first-order chi connectivity index (χ1) is 16.5. The van der Waals surface area contributed by atoms with E-state index in [1.54, 1.807) is 42.5 Å². The number of para-hydroxylation sites is 1. The van der Waals surface area contributed by atoms with Crippen LogP contribution >= 0.6 is 0 Å². The SMILES string of the molecule is C=CCc1ccccc1OCC(=O)N/N=C/c1ccc(OC(=O)c2ccc(C)cc2)c(OC)c1. The molecular weight excluding hydrogens is 432 g/mol. The lowest BCUT2D eigenvalue weighted by molar-refractivity contribution is -0.123. The summed E-state index contributed by atoms with van der Waals surface area (Å²) in [5.74, 6) is 0.377. The second kappa shape index (κ2) is 12.0. The van der Waals surface area contributed by atoms with Gasteiger partial charge < -0.3 is 14.2 Å². The lowest BCUT2D eigenvalue weighted by Crippen LogP contribution is -2.24. The predicted molar refractivity (Wildman–Crippen MR) is 131 cm³/mol. The van der Waals surface area contributed by atoms with Gasteiger partial charge in [0.1, 0.15) is 5.75 Å². The number of benzene rings is 3. The van der Waals surface area contributed by atoms with Gasteiger partial charge in [0.2, 0.25) is 0 Å². The summed E-state index contributed by atoms with van der Waals surface area (Å²) in [6.07, 6.45) is 3.88. The third kappa shape index (κ3) is 6.80. The number of nitrogens with zero attached hydrogens (tertiary/aromatic N) is 1. The zero-order valence-electron chi connectivity index (χ0n) is 19.1. The molecule has 0 saturated carbocycles. The van der Waals surface area contributed by atoms with Gasteiger partial charge in [0.15, 0.2) is 18.1 Å². The molecule has 0 unspecified atom stereocenters. The van der Waals surface area contributed by atoms with Crippen LogP contribution in [0.1, 0.15) is 27.0 Å². The van der Waals surface area contributed by atoms with Gasteiger partial charge in [0.25, 0.3) is 5.91 Å². The van der Waals surface area contributed by atoms with Crippen molar-refractivity contribution < 1.29 is 23.8 Å². The van der Waals surface area contributed by atoms with Crippen LogP contribution in [-0.4, -0.2) is 31.8 Å². The summed E-state index contributed by atoms with van der Waals surface area (Å²) in [7, 11) is 1.47. The molecule has 0 atom stereocenters. The van der Waals surface area contributed by atoms with Crippen LogP contribution in [0.15, 0.2) is 84.5 Å². The number of methoxy groups -OCH3 is 1. The first-order valence-corrected chi connectivity index (χ1v) is 10.6. The Morgan fingerprint density at radius 1 is 1.00 bits per heavy atom. The molecule has 3 aromatic rings. The Balaban J connectivity index is 1.56. The summed E-state index contributed by atoms with van der Waals surface area (Å²) >= 11 is 0. The predicted octanol–water partition coefficient (Wildman–Crippen LogP) is 4.48. The molecule has 0 aliphatic rings. The lowest BCUT2D eigenvalue weighted by atomic mass is 10.1. The van der Waals surface area contributed by atoms with E-state index in [4.69, 9.17) is 14.2 Å². The maximum atomic E-state index is 12.4. The molecule has 34 heavy (non-hydrogen) atoms. The molecule has 7 heteroatoms. The minimum absolute atomic E-state index is 0.178. The van der Waals surface area contributed by atoms with Crippen molar-refractivity contribution in [1.29, 1.82) is 0 Å². The molecule has 0 aliphatic heterocycles. The van der Waals surface area contributed by atoms with Crippen LogP contribution in [0.5, 0.6) is 17.2 Å². The van der Waals surface area contributed by atoms with E-state index in [-0.39, 0.29) is 12.4 Å². The maximum Gasteiger partial charge on any atom is 0.343 e. The molecular formula is C27H26N2O5. The molecule has 1 N–H and O–H groups in total. The van der Waals surface area contributed by atoms with Gasteiger partial charge in [-0.05, 0) is 60.9 Å². The highest BCUT2D eigenvalue weighted by molar-refractivity contribution is 5.91. The standard InChI is InChI=1S/C27H26N2O5/c1-4-7-21-8-5-6-9-23(21)33-18-26(30)29-28-17-20-12-15-24(25(16-20)32-3)34-27(31)22-13-10-19(2)11-14-22/h4-6,8-17H,1,7,18H2,2-3H3,(H,29,30)/b28-17+. The van der Waals surface area contributed by atoms with Crippen molar-refractivity contribution in [2.24, 2.45) is 5.10 Å². The number of amides is 1. The molecule has 0 heterocycles. The molecule has 0 fully saturated rings. The Bertz CT molecular complexity index is 1190. The number of esters is 1. The van der Waals surface area contributed by atoms with Gasteiger partial charge in [-0.1, -0.05) is 42.0 Å². The Morgan fingerprint density at radius 3 is 2.50 bits per heavy atom. The van der Waals surface area contributed by atoms with E-state index in [1.807, 2.05) is 37.3 Å². The van der Waals surface area contributed by atoms with Gasteiger partial charge >= 0.3 is 5.97 Å². The number of carbonyl (C=O) groups is 2. The van der Waals surface area contributed by atoms with Crippen LogP contribution < -0.4 is 19.6 Å². The minimum atomic E-state index is -0.485. The first-order valence-electron chi connectivity index (χ1n) is 10.6. The van der Waals surface area contributed by atoms with Gasteiger partial charge in [-0.25, -0.2) is 10.2 Å². The van der Waals surface area contributed by atoms with Crippen molar-refractivity contribution in [2.75, 3.05) is 13.7 Å². The molecule has 3 rings (SSSR count). The van der Waals surface area contributed by atoms with E-state index in [0.29, 0.717) is 29.0 Å². The highest BCUT2D eigenvalue weighted by Crippen LogP contribution is 2.28. The van der Waals surface area contributed by atoms with Gasteiger partial charge in [-0.2, -0.15) is 5.10 Å². The number of hydrogen-bond donors (Lipinski definition) is 1. The van der Waals surface area contributed by atoms with Gasteiger partial charge in [-0.3, -0.25) is 4.79 Å². The van der Waals surface area contributed by atoms with Crippen molar-refractivity contribution in [3.63, 3.8) is 0 Å². The minimum Gasteiger partial charge on any atom is -0.493 e. The number of ether oxygens (including phenoxy) is 3. The maximum absolute atomic E-state index is 12.4. The van der Waals surface area contributed by atoms with Crippen LogP contribution in [0.4, 0.5) is 0 Å². The summed E-state index contributed by atoms with van der Waals surface area (Å²) in [6.45, 7) is 5.49. The highest BCUT2D eigenvalue weighted by atomic mass is 16.6. The smallest absolute Gasteiger partial charge is 0.343 e. The summed E-state index contributed by atoms with van der Waals surface area (Å²) in [5, 5.41) is 3.95. The lowest BCUT2D eigenvalue weighted by Gasteiger charge is -2.10. The van der Waals surface area contributed by atoms with E-state index in [9.17, 15) is 9.59 Å². The molecule has 174 valence electrons. The Kier molecular flexibility index (Phi) is 8.57. The van der Waals surface area contributed by atoms with E-state index in [0.717, 1.165) is 11.1 Å². The van der Waals surface area contributed by atoms with Crippen LogP contribution in [0, 0.1) is 6.92 Å². The molecule has 1 amide bonds. The van der Waals surface area contributed by atoms with Crippen molar-refractivity contribution in [1.82, 2.24) is 5.43 Å². The van der Waals surface area contributed by atoms with Crippen molar-refractivity contribution >= 4 is 18.1 Å². The van der Waals surface area contributed by atoms with Crippen LogP contribution in [0.3, 0.4) is 0 Å². The summed E-state index contributed by atoms with van der Waals surface area (Å²) in [4.78, 5) is 24.5. The number of aryl methyl sites for hydroxylation is 1. The van der Waals surface area contributed by atoms with Crippen molar-refractivity contribution in [3.8, 4) is 17.2 Å². The van der Waals surface area contributed by atoms with Gasteiger partial charge in [0.05, 0.1) is 18.9 Å². The van der Waals surface area contributed by atoms with Gasteiger partial charge in [-0.15, -0.1) is 6.58 Å². The monoisotopic (exact) mass is 458 g/mol. The molecule has 0 radical (unpaired) electrons. The second-order valence-corrected chi connectivity index (χ2v) is 7.35. The third-order valence-corrected chi connectivity index (χ3v) is 4.78. The van der Waals surface area contributed by atoms with Crippen LogP contribution in [0.2, 0.25) is 0 Å². The second-order valence-electron chi connectivity index (χ2n) is 7.35. The Hall–Kier alpha value is -4.39. The van der Waals surface area contributed by atoms with Crippen molar-refractivity contribution in [2.45, 2.75) is 13.3 Å². The molecule has 0 bridgehead atoms. The zero-order valence-corrected chi connectivity index (χ0v) is 19.1. The molecule has 7 nitrogen and oxygen atoms in total. The molecule has 0 spiro atoms. The zero-order chi connectivity index (χ0) is 24.3. The molecule has 0 aliphatic carbocycles. The largest absolute Gasteiger partial charge is 0.493 e. The van der Waals surface area contributed by atoms with E-state index in [1.165, 1.54) is 13.3 Å². The van der Waals surface area contributed by atoms with E-state index in [2.05, 4.69) is 17.1 Å². The van der Waals surface area contributed by atoms with E-state index < -0.39 is 11.9 Å². The number of hydrazone groups is 1. The Labute approximate surface area is 198 Å². The van der Waals surface area contributed by atoms with Gasteiger partial charge in [0, 0.05) is 0 Å². The Morgan fingerprint density at radius 2 is 1.76 bits per heavy atom. The fraction of sp³-hybridized carbons (Fsp3) is 0.148. The fourth-order valence-corrected chi connectivity index (χ4v) is 3.02. The third-order valence-electron chi connectivity index (χ3n) is 4.78. The number of nitrogens with one attached hydrogen (secondary N) is 1. The summed E-state index contributed by atoms with van der Waals surface area (Å²) < 4.78 is 16.4. The quantitative estimate of drug-likeness (QED) is 0.159. The average Bonchev–Trinajstić information content (AvgIpc) is 2.85. The summed E-state index contributed by atoms with van der Waals surface area (Å²) in [5.41, 5.74) is 5.50. The fourth-order valence-electron chi connectivity index (χ4n) is 3.02.